The molecule has 0 spiro atoms. The van der Waals surface area contributed by atoms with Crippen molar-refractivity contribution in [1.82, 2.24) is 19.9 Å². The van der Waals surface area contributed by atoms with Gasteiger partial charge in [-0.1, -0.05) is 23.2 Å². The highest BCUT2D eigenvalue weighted by Crippen LogP contribution is 2.26. The predicted molar refractivity (Wildman–Crippen MR) is 144 cm³/mol. The zero-order valence-corrected chi connectivity index (χ0v) is 20.5. The van der Waals surface area contributed by atoms with E-state index in [1.807, 2.05) is 84.9 Å². The molecule has 0 radical (unpaired) electrons. The molecule has 2 heterocycles. The van der Waals surface area contributed by atoms with Crippen LogP contribution in [0.25, 0.3) is 44.8 Å². The first-order chi connectivity index (χ1) is 17.6. The third-order valence-corrected chi connectivity index (χ3v) is 6.24. The Balaban J connectivity index is 1.02. The number of hydrogen-bond acceptors (Lipinski definition) is 4. The van der Waals surface area contributed by atoms with Crippen LogP contribution in [0.5, 0.6) is 11.5 Å². The maximum absolute atomic E-state index is 6.06. The van der Waals surface area contributed by atoms with Crippen molar-refractivity contribution in [2.45, 2.75) is 0 Å². The van der Waals surface area contributed by atoms with Gasteiger partial charge in [-0.05, 0) is 84.9 Å². The summed E-state index contributed by atoms with van der Waals surface area (Å²) >= 11 is 12.1. The minimum absolute atomic E-state index is 0.425. The lowest BCUT2D eigenvalue weighted by Crippen LogP contribution is -2.08. The number of aromatic amines is 2. The van der Waals surface area contributed by atoms with Crippen molar-refractivity contribution in [3.8, 4) is 34.3 Å². The first kappa shape index (κ1) is 22.5. The van der Waals surface area contributed by atoms with Gasteiger partial charge in [0, 0.05) is 21.2 Å². The van der Waals surface area contributed by atoms with Crippen molar-refractivity contribution in [3.05, 3.63) is 95.0 Å². The van der Waals surface area contributed by atoms with E-state index in [0.29, 0.717) is 23.3 Å². The fraction of sp³-hybridized carbons (Fsp3) is 0.0714. The van der Waals surface area contributed by atoms with Gasteiger partial charge in [-0.2, -0.15) is 0 Å². The SMILES string of the molecule is Clc1ccc2[nH]c(-c3ccc(OCCOc4ccc(-c5nc6cc(Cl)ccc6[nH]5)cc4)cc3)nc2c1. The lowest BCUT2D eigenvalue weighted by Gasteiger charge is -2.09. The highest BCUT2D eigenvalue weighted by atomic mass is 35.5. The van der Waals surface area contributed by atoms with Crippen LogP contribution in [-0.2, 0) is 0 Å². The Labute approximate surface area is 216 Å². The quantitative estimate of drug-likeness (QED) is 0.216. The van der Waals surface area contributed by atoms with E-state index in [9.17, 15) is 0 Å². The monoisotopic (exact) mass is 514 g/mol. The summed E-state index contributed by atoms with van der Waals surface area (Å²) in [5, 5.41) is 1.33. The van der Waals surface area contributed by atoms with Gasteiger partial charge in [0.25, 0.3) is 0 Å². The molecule has 4 aromatic carbocycles. The second kappa shape index (κ2) is 9.57. The summed E-state index contributed by atoms with van der Waals surface area (Å²) in [6.45, 7) is 0.850. The summed E-state index contributed by atoms with van der Waals surface area (Å²) in [6, 6.07) is 26.8. The maximum atomic E-state index is 6.06. The van der Waals surface area contributed by atoms with E-state index in [0.717, 1.165) is 56.3 Å². The number of ether oxygens (including phenoxy) is 2. The van der Waals surface area contributed by atoms with E-state index >= 15 is 0 Å². The molecule has 0 atom stereocenters. The van der Waals surface area contributed by atoms with Crippen molar-refractivity contribution in [2.24, 2.45) is 0 Å². The van der Waals surface area contributed by atoms with Crippen LogP contribution in [0.4, 0.5) is 0 Å². The number of H-pyrrole nitrogens is 2. The molecule has 0 fully saturated rings. The number of hydrogen-bond donors (Lipinski definition) is 2. The largest absolute Gasteiger partial charge is 0.490 e. The molecule has 6 aromatic rings. The van der Waals surface area contributed by atoms with Gasteiger partial charge in [-0.3, -0.25) is 0 Å². The van der Waals surface area contributed by atoms with Crippen LogP contribution < -0.4 is 9.47 Å². The number of aromatic nitrogens is 4. The number of rotatable bonds is 7. The van der Waals surface area contributed by atoms with Gasteiger partial charge >= 0.3 is 0 Å². The minimum atomic E-state index is 0.425. The summed E-state index contributed by atoms with van der Waals surface area (Å²) in [5.74, 6) is 3.11. The number of nitrogens with one attached hydrogen (secondary N) is 2. The molecule has 0 amide bonds. The van der Waals surface area contributed by atoms with Crippen LogP contribution in [0.3, 0.4) is 0 Å². The Bertz CT molecular complexity index is 1530. The van der Waals surface area contributed by atoms with Crippen molar-refractivity contribution in [1.29, 1.82) is 0 Å². The molecule has 0 saturated heterocycles. The van der Waals surface area contributed by atoms with E-state index in [1.165, 1.54) is 0 Å². The molecule has 36 heavy (non-hydrogen) atoms. The van der Waals surface area contributed by atoms with E-state index in [4.69, 9.17) is 32.7 Å². The second-order valence-corrected chi connectivity index (χ2v) is 9.11. The number of fused-ring (bicyclic) bond motifs is 2. The predicted octanol–water partition coefficient (Wildman–Crippen LogP) is 7.54. The molecular weight excluding hydrogens is 495 g/mol. The fourth-order valence-corrected chi connectivity index (χ4v) is 4.30. The van der Waals surface area contributed by atoms with Gasteiger partial charge in [0.1, 0.15) is 36.4 Å². The lowest BCUT2D eigenvalue weighted by molar-refractivity contribution is 0.217. The molecule has 2 N–H and O–H groups in total. The molecule has 0 saturated carbocycles. The summed E-state index contributed by atoms with van der Waals surface area (Å²) < 4.78 is 11.7. The molecule has 0 aliphatic carbocycles. The Morgan fingerprint density at radius 3 is 1.39 bits per heavy atom. The number of imidazole rings is 2. The average Bonchev–Trinajstić information content (AvgIpc) is 3.51. The molecule has 0 bridgehead atoms. The van der Waals surface area contributed by atoms with Gasteiger partial charge in [-0.15, -0.1) is 0 Å². The Hall–Kier alpha value is -4.00. The summed E-state index contributed by atoms with van der Waals surface area (Å²) in [5.41, 5.74) is 5.51. The highest BCUT2D eigenvalue weighted by molar-refractivity contribution is 6.31. The van der Waals surface area contributed by atoms with Crippen molar-refractivity contribution in [2.75, 3.05) is 13.2 Å². The Morgan fingerprint density at radius 2 is 0.972 bits per heavy atom. The third kappa shape index (κ3) is 4.73. The Morgan fingerprint density at radius 1 is 0.556 bits per heavy atom. The smallest absolute Gasteiger partial charge is 0.138 e. The van der Waals surface area contributed by atoms with Crippen LogP contribution in [-0.4, -0.2) is 33.1 Å². The molecule has 6 rings (SSSR count). The van der Waals surface area contributed by atoms with Crippen LogP contribution in [0.1, 0.15) is 0 Å². The molecule has 6 nitrogen and oxygen atoms in total. The van der Waals surface area contributed by atoms with Crippen molar-refractivity contribution >= 4 is 45.3 Å². The minimum Gasteiger partial charge on any atom is -0.490 e. The zero-order chi connectivity index (χ0) is 24.5. The van der Waals surface area contributed by atoms with Gasteiger partial charge in [0.15, 0.2) is 0 Å². The number of benzene rings is 4. The second-order valence-electron chi connectivity index (χ2n) is 8.24. The molecule has 2 aromatic heterocycles. The molecule has 0 aliphatic heterocycles. The van der Waals surface area contributed by atoms with Gasteiger partial charge in [-0.25, -0.2) is 9.97 Å². The highest BCUT2D eigenvalue weighted by Gasteiger charge is 2.08. The van der Waals surface area contributed by atoms with E-state index in [-0.39, 0.29) is 0 Å². The fourth-order valence-electron chi connectivity index (χ4n) is 3.97. The molecule has 0 aliphatic rings. The van der Waals surface area contributed by atoms with Crippen molar-refractivity contribution < 1.29 is 9.47 Å². The normalized spacial score (nSPS) is 11.3. The summed E-state index contributed by atoms with van der Waals surface area (Å²) in [7, 11) is 0. The topological polar surface area (TPSA) is 75.8 Å². The van der Waals surface area contributed by atoms with Crippen LogP contribution >= 0.6 is 23.2 Å². The first-order valence-electron chi connectivity index (χ1n) is 11.4. The van der Waals surface area contributed by atoms with Crippen molar-refractivity contribution in [3.63, 3.8) is 0 Å². The maximum Gasteiger partial charge on any atom is 0.138 e. The van der Waals surface area contributed by atoms with Gasteiger partial charge in [0.05, 0.1) is 22.1 Å². The van der Waals surface area contributed by atoms with E-state index in [1.54, 1.807) is 0 Å². The van der Waals surface area contributed by atoms with Crippen LogP contribution in [0, 0.1) is 0 Å². The third-order valence-electron chi connectivity index (χ3n) is 5.77. The molecule has 8 heteroatoms. The van der Waals surface area contributed by atoms with E-state index < -0.39 is 0 Å². The number of halogens is 2. The summed E-state index contributed by atoms with van der Waals surface area (Å²) in [4.78, 5) is 15.8. The number of nitrogens with zero attached hydrogens (tertiary/aromatic N) is 2. The van der Waals surface area contributed by atoms with E-state index in [2.05, 4.69) is 19.9 Å². The first-order valence-corrected chi connectivity index (χ1v) is 12.1. The van der Waals surface area contributed by atoms with Gasteiger partial charge in [0.2, 0.25) is 0 Å². The lowest BCUT2D eigenvalue weighted by atomic mass is 10.2. The average molecular weight is 515 g/mol. The Kier molecular flexibility index (Phi) is 5.97. The molecule has 178 valence electrons. The van der Waals surface area contributed by atoms with Crippen LogP contribution in [0.2, 0.25) is 10.0 Å². The van der Waals surface area contributed by atoms with Crippen LogP contribution in [0.15, 0.2) is 84.9 Å². The molecule has 0 unspecified atom stereocenters. The molecular formula is C28H20Cl2N4O2. The van der Waals surface area contributed by atoms with Gasteiger partial charge < -0.3 is 19.4 Å². The summed E-state index contributed by atoms with van der Waals surface area (Å²) in [6.07, 6.45) is 0. The zero-order valence-electron chi connectivity index (χ0n) is 19.0. The standard InChI is InChI=1S/C28H20Cl2N4O2/c29-19-5-11-23-25(15-19)33-27(31-23)17-1-7-21(8-2-17)35-13-14-36-22-9-3-18(4-10-22)28-32-24-12-6-20(30)16-26(24)34-28/h1-12,15-16H,13-14H2,(H,31,33)(H,32,34).